The first-order valence-electron chi connectivity index (χ1n) is 7.10. The minimum absolute atomic E-state index is 0.161. The smallest absolute Gasteiger partial charge is 0.0840 e. The summed E-state index contributed by atoms with van der Waals surface area (Å²) >= 11 is 0. The van der Waals surface area contributed by atoms with E-state index in [-0.39, 0.29) is 23.3 Å². The first kappa shape index (κ1) is 14.3. The molecule has 0 aromatic rings. The standard InChI is InChI=1S/C14H28N2O2/c1-12(2)10-14(11-17,13(3,4)18-12)16-8-5-6-15-7-9-16/h15,17H,5-11H2,1-4H3. The Morgan fingerprint density at radius 2 is 1.89 bits per heavy atom. The van der Waals surface area contributed by atoms with Crippen LogP contribution < -0.4 is 5.32 Å². The molecule has 0 saturated carbocycles. The molecule has 0 aromatic heterocycles. The van der Waals surface area contributed by atoms with Gasteiger partial charge in [0.1, 0.15) is 0 Å². The summed E-state index contributed by atoms with van der Waals surface area (Å²) in [5.41, 5.74) is -0.718. The number of rotatable bonds is 2. The summed E-state index contributed by atoms with van der Waals surface area (Å²) in [6.45, 7) is 12.8. The largest absolute Gasteiger partial charge is 0.394 e. The van der Waals surface area contributed by atoms with Crippen LogP contribution in [0.5, 0.6) is 0 Å². The second-order valence-corrected chi connectivity index (χ2v) is 6.83. The van der Waals surface area contributed by atoms with Crippen molar-refractivity contribution in [1.29, 1.82) is 0 Å². The molecule has 0 aliphatic carbocycles. The second kappa shape index (κ2) is 4.75. The lowest BCUT2D eigenvalue weighted by Gasteiger charge is -2.47. The van der Waals surface area contributed by atoms with Crippen molar-refractivity contribution in [3.8, 4) is 0 Å². The van der Waals surface area contributed by atoms with Gasteiger partial charge in [0.2, 0.25) is 0 Å². The van der Waals surface area contributed by atoms with Crippen LogP contribution in [0.4, 0.5) is 0 Å². The molecule has 2 fully saturated rings. The highest BCUT2D eigenvalue weighted by Crippen LogP contribution is 2.48. The van der Waals surface area contributed by atoms with Gasteiger partial charge in [0, 0.05) is 19.6 Å². The zero-order chi connectivity index (χ0) is 13.4. The second-order valence-electron chi connectivity index (χ2n) is 6.83. The number of nitrogens with zero attached hydrogens (tertiary/aromatic N) is 1. The molecule has 2 rings (SSSR count). The molecular weight excluding hydrogens is 228 g/mol. The summed E-state index contributed by atoms with van der Waals surface area (Å²) in [6.07, 6.45) is 2.03. The van der Waals surface area contributed by atoms with Gasteiger partial charge in [-0.05, 0) is 47.1 Å². The van der Waals surface area contributed by atoms with Crippen molar-refractivity contribution in [3.05, 3.63) is 0 Å². The Morgan fingerprint density at radius 3 is 2.44 bits per heavy atom. The summed E-state index contributed by atoms with van der Waals surface area (Å²) in [5, 5.41) is 13.5. The maximum Gasteiger partial charge on any atom is 0.0840 e. The van der Waals surface area contributed by atoms with E-state index in [0.717, 1.165) is 39.0 Å². The average molecular weight is 256 g/mol. The quantitative estimate of drug-likeness (QED) is 0.773. The number of aliphatic hydroxyl groups is 1. The molecule has 0 bridgehead atoms. The highest BCUT2D eigenvalue weighted by molar-refractivity contribution is 5.12. The van der Waals surface area contributed by atoms with Crippen molar-refractivity contribution < 1.29 is 9.84 Å². The molecule has 18 heavy (non-hydrogen) atoms. The molecule has 1 atom stereocenters. The molecule has 1 unspecified atom stereocenters. The molecule has 106 valence electrons. The first-order valence-corrected chi connectivity index (χ1v) is 7.10. The predicted octanol–water partition coefficient (Wildman–Crippen LogP) is 0.990. The highest BCUT2D eigenvalue weighted by atomic mass is 16.5. The van der Waals surface area contributed by atoms with Crippen LogP contribution in [0.3, 0.4) is 0 Å². The Hall–Kier alpha value is -0.160. The maximum absolute atomic E-state index is 10.1. The zero-order valence-corrected chi connectivity index (χ0v) is 12.3. The fourth-order valence-corrected chi connectivity index (χ4v) is 3.85. The van der Waals surface area contributed by atoms with Crippen LogP contribution in [0.25, 0.3) is 0 Å². The Bertz CT molecular complexity index is 296. The van der Waals surface area contributed by atoms with E-state index < -0.39 is 0 Å². The number of hydrogen-bond donors (Lipinski definition) is 2. The highest BCUT2D eigenvalue weighted by Gasteiger charge is 2.59. The maximum atomic E-state index is 10.1. The van der Waals surface area contributed by atoms with Crippen molar-refractivity contribution in [1.82, 2.24) is 10.2 Å². The van der Waals surface area contributed by atoms with Crippen LogP contribution in [0, 0.1) is 0 Å². The van der Waals surface area contributed by atoms with Crippen LogP contribution in [0.15, 0.2) is 0 Å². The molecule has 4 nitrogen and oxygen atoms in total. The summed E-state index contributed by atoms with van der Waals surface area (Å²) < 4.78 is 6.21. The van der Waals surface area contributed by atoms with Crippen molar-refractivity contribution in [2.75, 3.05) is 32.8 Å². The minimum atomic E-state index is -0.310. The van der Waals surface area contributed by atoms with E-state index in [4.69, 9.17) is 4.74 Å². The zero-order valence-electron chi connectivity index (χ0n) is 12.3. The van der Waals surface area contributed by atoms with E-state index in [1.54, 1.807) is 0 Å². The van der Waals surface area contributed by atoms with Gasteiger partial charge in [0.15, 0.2) is 0 Å². The van der Waals surface area contributed by atoms with Gasteiger partial charge in [0.25, 0.3) is 0 Å². The van der Waals surface area contributed by atoms with Gasteiger partial charge in [-0.15, -0.1) is 0 Å². The Balaban J connectivity index is 2.28. The van der Waals surface area contributed by atoms with Gasteiger partial charge in [-0.1, -0.05) is 0 Å². The molecular formula is C14H28N2O2. The fraction of sp³-hybridized carbons (Fsp3) is 1.00. The van der Waals surface area contributed by atoms with Gasteiger partial charge in [-0.2, -0.15) is 0 Å². The molecule has 0 spiro atoms. The molecule has 0 aromatic carbocycles. The van der Waals surface area contributed by atoms with E-state index in [2.05, 4.69) is 37.9 Å². The fourth-order valence-electron chi connectivity index (χ4n) is 3.85. The van der Waals surface area contributed by atoms with Crippen LogP contribution >= 0.6 is 0 Å². The average Bonchev–Trinajstić information content (AvgIpc) is 2.49. The van der Waals surface area contributed by atoms with Gasteiger partial charge >= 0.3 is 0 Å². The SMILES string of the molecule is CC1(C)CC(CO)(N2CCCNCC2)C(C)(C)O1. The Morgan fingerprint density at radius 1 is 1.17 bits per heavy atom. The molecule has 2 aliphatic rings. The van der Waals surface area contributed by atoms with Crippen LogP contribution in [-0.2, 0) is 4.74 Å². The van der Waals surface area contributed by atoms with Gasteiger partial charge in [-0.25, -0.2) is 0 Å². The molecule has 0 amide bonds. The summed E-state index contributed by atoms with van der Waals surface area (Å²) in [7, 11) is 0. The third kappa shape index (κ3) is 2.31. The van der Waals surface area contributed by atoms with Gasteiger partial charge < -0.3 is 15.2 Å². The number of hydrogen-bond acceptors (Lipinski definition) is 4. The van der Waals surface area contributed by atoms with Crippen LogP contribution in [0.1, 0.15) is 40.5 Å². The third-order valence-corrected chi connectivity index (χ3v) is 4.58. The molecule has 2 N–H and O–H groups in total. The first-order chi connectivity index (χ1) is 8.33. The Labute approximate surface area is 111 Å². The molecule has 4 heteroatoms. The van der Waals surface area contributed by atoms with Crippen molar-refractivity contribution in [3.63, 3.8) is 0 Å². The molecule has 2 saturated heterocycles. The minimum Gasteiger partial charge on any atom is -0.394 e. The van der Waals surface area contributed by atoms with E-state index >= 15 is 0 Å². The lowest BCUT2D eigenvalue weighted by molar-refractivity contribution is -0.117. The van der Waals surface area contributed by atoms with E-state index in [9.17, 15) is 5.11 Å². The van der Waals surface area contributed by atoms with E-state index in [0.29, 0.717) is 0 Å². The van der Waals surface area contributed by atoms with Crippen molar-refractivity contribution in [2.24, 2.45) is 0 Å². The topological polar surface area (TPSA) is 44.7 Å². The van der Waals surface area contributed by atoms with Gasteiger partial charge in [-0.3, -0.25) is 4.90 Å². The molecule has 2 heterocycles. The van der Waals surface area contributed by atoms with Crippen LogP contribution in [0.2, 0.25) is 0 Å². The third-order valence-electron chi connectivity index (χ3n) is 4.58. The molecule has 2 aliphatic heterocycles. The van der Waals surface area contributed by atoms with Crippen molar-refractivity contribution >= 4 is 0 Å². The van der Waals surface area contributed by atoms with E-state index in [1.165, 1.54) is 0 Å². The van der Waals surface area contributed by atoms with Crippen LogP contribution in [-0.4, -0.2) is 59.5 Å². The van der Waals surface area contributed by atoms with Gasteiger partial charge in [0.05, 0.1) is 23.3 Å². The predicted molar refractivity (Wildman–Crippen MR) is 72.7 cm³/mol. The summed E-state index contributed by atoms with van der Waals surface area (Å²) in [5.74, 6) is 0. The van der Waals surface area contributed by atoms with Crippen molar-refractivity contribution in [2.45, 2.75) is 57.3 Å². The monoisotopic (exact) mass is 256 g/mol. The number of ether oxygens (including phenoxy) is 1. The number of nitrogens with one attached hydrogen (secondary N) is 1. The summed E-state index contributed by atoms with van der Waals surface area (Å²) in [6, 6.07) is 0. The Kier molecular flexibility index (Phi) is 3.76. The normalized spacial score (nSPS) is 36.5. The van der Waals surface area contributed by atoms with E-state index in [1.807, 2.05) is 0 Å². The summed E-state index contributed by atoms with van der Waals surface area (Å²) in [4.78, 5) is 2.45. The lowest BCUT2D eigenvalue weighted by Crippen LogP contribution is -2.62. The lowest BCUT2D eigenvalue weighted by atomic mass is 9.78. The number of aliphatic hydroxyl groups excluding tert-OH is 1. The molecule has 0 radical (unpaired) electrons.